The summed E-state index contributed by atoms with van der Waals surface area (Å²) in [6, 6.07) is 7.95. The molecule has 2 amide bonds. The minimum Gasteiger partial charge on any atom is -0.485 e. The molecule has 7 nitrogen and oxygen atoms in total. The Bertz CT molecular complexity index is 657. The van der Waals surface area contributed by atoms with Gasteiger partial charge in [0.15, 0.2) is 0 Å². The van der Waals surface area contributed by atoms with Gasteiger partial charge in [-0.05, 0) is 39.8 Å². The maximum absolute atomic E-state index is 12.3. The van der Waals surface area contributed by atoms with Crippen molar-refractivity contribution >= 4 is 17.7 Å². The number of alkyl carbamates (subject to hydrolysis) is 1. The monoisotopic (exact) mass is 377 g/mol. The van der Waals surface area contributed by atoms with Crippen LogP contribution in [0.4, 0.5) is 10.5 Å². The molecule has 0 spiro atoms. The number of nitrogens with zero attached hydrogens (tertiary/aromatic N) is 2. The van der Waals surface area contributed by atoms with Crippen molar-refractivity contribution in [2.24, 2.45) is 0 Å². The molecule has 0 saturated carbocycles. The lowest BCUT2D eigenvalue weighted by atomic mass is 10.1. The van der Waals surface area contributed by atoms with E-state index in [4.69, 9.17) is 9.47 Å². The van der Waals surface area contributed by atoms with E-state index in [2.05, 4.69) is 17.1 Å². The first-order valence-corrected chi connectivity index (χ1v) is 9.41. The molecule has 1 heterocycles. The highest BCUT2D eigenvalue weighted by Crippen LogP contribution is 2.32. The average molecular weight is 377 g/mol. The number of benzene rings is 1. The summed E-state index contributed by atoms with van der Waals surface area (Å²) >= 11 is 0. The van der Waals surface area contributed by atoms with Gasteiger partial charge in [-0.3, -0.25) is 4.79 Å². The fourth-order valence-electron chi connectivity index (χ4n) is 2.96. The number of anilines is 1. The summed E-state index contributed by atoms with van der Waals surface area (Å²) in [7, 11) is 1.76. The predicted octanol–water partition coefficient (Wildman–Crippen LogP) is 2.65. The summed E-state index contributed by atoms with van der Waals surface area (Å²) in [5.41, 5.74) is 0.539. The number of nitrogens with one attached hydrogen (secondary N) is 1. The Balaban J connectivity index is 1.80. The lowest BCUT2D eigenvalue weighted by Gasteiger charge is -2.37. The van der Waals surface area contributed by atoms with Crippen molar-refractivity contribution < 1.29 is 19.1 Å². The van der Waals surface area contributed by atoms with E-state index in [-0.39, 0.29) is 25.0 Å². The second-order valence-electron chi connectivity index (χ2n) is 7.70. The van der Waals surface area contributed by atoms with E-state index < -0.39 is 11.7 Å². The number of likely N-dealkylation sites (N-methyl/N-ethyl adjacent to an activating group) is 2. The zero-order chi connectivity index (χ0) is 20.0. The molecule has 0 aromatic heterocycles. The zero-order valence-corrected chi connectivity index (χ0v) is 16.9. The van der Waals surface area contributed by atoms with E-state index in [1.165, 1.54) is 0 Å². The Hall–Kier alpha value is -2.44. The van der Waals surface area contributed by atoms with Crippen molar-refractivity contribution in [3.63, 3.8) is 0 Å². The first kappa shape index (κ1) is 20.9. The van der Waals surface area contributed by atoms with Gasteiger partial charge in [0.05, 0.1) is 18.8 Å². The molecule has 1 aliphatic rings. The Labute approximate surface area is 161 Å². The van der Waals surface area contributed by atoms with Crippen LogP contribution < -0.4 is 15.0 Å². The molecule has 150 valence electrons. The number of fused-ring (bicyclic) bond motifs is 1. The Kier molecular flexibility index (Phi) is 6.93. The van der Waals surface area contributed by atoms with E-state index in [1.807, 2.05) is 24.3 Å². The minimum absolute atomic E-state index is 0.0448. The first-order valence-electron chi connectivity index (χ1n) is 9.41. The van der Waals surface area contributed by atoms with Gasteiger partial charge in [-0.15, -0.1) is 0 Å². The Morgan fingerprint density at radius 2 is 2.04 bits per heavy atom. The topological polar surface area (TPSA) is 71.1 Å². The number of rotatable bonds is 6. The van der Waals surface area contributed by atoms with E-state index in [9.17, 15) is 9.59 Å². The van der Waals surface area contributed by atoms with Crippen LogP contribution in [0.2, 0.25) is 0 Å². The van der Waals surface area contributed by atoms with Gasteiger partial charge in [-0.2, -0.15) is 0 Å². The van der Waals surface area contributed by atoms with Crippen LogP contribution >= 0.6 is 0 Å². The van der Waals surface area contributed by atoms with Gasteiger partial charge in [0.2, 0.25) is 5.91 Å². The van der Waals surface area contributed by atoms with E-state index in [1.54, 1.807) is 32.7 Å². The van der Waals surface area contributed by atoms with Crippen LogP contribution in [-0.2, 0) is 9.53 Å². The van der Waals surface area contributed by atoms with Crippen molar-refractivity contribution in [3.05, 3.63) is 24.3 Å². The summed E-state index contributed by atoms with van der Waals surface area (Å²) in [5.74, 6) is 0.805. The Morgan fingerprint density at radius 1 is 1.33 bits per heavy atom. The van der Waals surface area contributed by atoms with Crippen LogP contribution in [0.5, 0.6) is 5.75 Å². The molecule has 0 radical (unpaired) electrons. The molecule has 7 heteroatoms. The van der Waals surface area contributed by atoms with E-state index in [0.29, 0.717) is 6.54 Å². The number of ether oxygens (including phenoxy) is 2. The second kappa shape index (κ2) is 8.97. The summed E-state index contributed by atoms with van der Waals surface area (Å²) in [4.78, 5) is 27.9. The normalized spacial score (nSPS) is 16.2. The third-order valence-electron chi connectivity index (χ3n) is 4.22. The molecule has 0 saturated heterocycles. The van der Waals surface area contributed by atoms with Crippen LogP contribution in [0.3, 0.4) is 0 Å². The number of carbonyl (C=O) groups is 2. The fraction of sp³-hybridized carbons (Fsp3) is 0.600. The van der Waals surface area contributed by atoms with Crippen molar-refractivity contribution in [2.75, 3.05) is 38.1 Å². The van der Waals surface area contributed by atoms with Crippen molar-refractivity contribution in [1.29, 1.82) is 0 Å². The zero-order valence-electron chi connectivity index (χ0n) is 16.9. The second-order valence-corrected chi connectivity index (χ2v) is 7.70. The standard InChI is InChI=1S/C20H31N3O4/c1-6-23-14-15(26-17-10-8-7-9-16(17)23)13-22(5)18(24)11-12-21-19(25)27-20(2,3)4/h7-10,15H,6,11-14H2,1-5H3,(H,21,25)/t15-/m0/s1. The van der Waals surface area contributed by atoms with Crippen molar-refractivity contribution in [1.82, 2.24) is 10.2 Å². The van der Waals surface area contributed by atoms with Gasteiger partial charge in [0.25, 0.3) is 0 Å². The lowest BCUT2D eigenvalue weighted by molar-refractivity contribution is -0.130. The summed E-state index contributed by atoms with van der Waals surface area (Å²) in [5, 5.41) is 2.61. The molecule has 0 bridgehead atoms. The molecule has 1 atom stereocenters. The summed E-state index contributed by atoms with van der Waals surface area (Å²) in [6.45, 7) is 9.86. The number of hydrogen-bond acceptors (Lipinski definition) is 5. The van der Waals surface area contributed by atoms with Gasteiger partial charge in [-0.1, -0.05) is 12.1 Å². The molecule has 1 aliphatic heterocycles. The van der Waals surface area contributed by atoms with E-state index in [0.717, 1.165) is 24.5 Å². The van der Waals surface area contributed by atoms with Crippen molar-refractivity contribution in [2.45, 2.75) is 45.8 Å². The molecule has 1 N–H and O–H groups in total. The average Bonchev–Trinajstić information content (AvgIpc) is 2.59. The summed E-state index contributed by atoms with van der Waals surface area (Å²) < 4.78 is 11.2. The third-order valence-corrected chi connectivity index (χ3v) is 4.22. The molecule has 1 aromatic rings. The van der Waals surface area contributed by atoms with Gasteiger partial charge in [0, 0.05) is 26.6 Å². The maximum Gasteiger partial charge on any atom is 0.407 e. The van der Waals surface area contributed by atoms with Gasteiger partial charge in [-0.25, -0.2) is 4.79 Å². The highest BCUT2D eigenvalue weighted by atomic mass is 16.6. The van der Waals surface area contributed by atoms with Crippen LogP contribution in [0.25, 0.3) is 0 Å². The summed E-state index contributed by atoms with van der Waals surface area (Å²) in [6.07, 6.45) is -0.382. The van der Waals surface area contributed by atoms with Crippen LogP contribution in [0.1, 0.15) is 34.1 Å². The fourth-order valence-corrected chi connectivity index (χ4v) is 2.96. The molecule has 27 heavy (non-hydrogen) atoms. The molecule has 0 unspecified atom stereocenters. The molecule has 0 fully saturated rings. The number of amides is 2. The van der Waals surface area contributed by atoms with Gasteiger partial charge in [0.1, 0.15) is 17.5 Å². The third kappa shape index (κ3) is 6.34. The van der Waals surface area contributed by atoms with Crippen LogP contribution in [0, 0.1) is 0 Å². The van der Waals surface area contributed by atoms with Gasteiger partial charge < -0.3 is 24.6 Å². The Morgan fingerprint density at radius 3 is 2.70 bits per heavy atom. The van der Waals surface area contributed by atoms with Crippen molar-refractivity contribution in [3.8, 4) is 5.75 Å². The molecule has 0 aliphatic carbocycles. The highest BCUT2D eigenvalue weighted by molar-refractivity contribution is 5.77. The largest absolute Gasteiger partial charge is 0.485 e. The number of para-hydroxylation sites is 2. The molecule has 1 aromatic carbocycles. The number of hydrogen-bond donors (Lipinski definition) is 1. The van der Waals surface area contributed by atoms with Crippen LogP contribution in [0.15, 0.2) is 24.3 Å². The quantitative estimate of drug-likeness (QED) is 0.825. The van der Waals surface area contributed by atoms with Crippen LogP contribution in [-0.4, -0.2) is 61.8 Å². The predicted molar refractivity (Wildman–Crippen MR) is 105 cm³/mol. The molecule has 2 rings (SSSR count). The highest BCUT2D eigenvalue weighted by Gasteiger charge is 2.26. The molecular weight excluding hydrogens is 346 g/mol. The smallest absolute Gasteiger partial charge is 0.407 e. The maximum atomic E-state index is 12.3. The number of carbonyl (C=O) groups excluding carboxylic acids is 2. The molecular formula is C20H31N3O4. The van der Waals surface area contributed by atoms with Gasteiger partial charge >= 0.3 is 6.09 Å². The van der Waals surface area contributed by atoms with E-state index >= 15 is 0 Å². The lowest BCUT2D eigenvalue weighted by Crippen LogP contribution is -2.47. The minimum atomic E-state index is -0.551. The first-order chi connectivity index (χ1) is 12.7. The SMILES string of the molecule is CCN1C[C@H](CN(C)C(=O)CCNC(=O)OC(C)(C)C)Oc2ccccc21.